The lowest BCUT2D eigenvalue weighted by molar-refractivity contribution is 0.0835. The zero-order chi connectivity index (χ0) is 10.1. The topological polar surface area (TPSA) is 58.0 Å². The van der Waals surface area contributed by atoms with Gasteiger partial charge in [0, 0.05) is 12.2 Å². The average Bonchev–Trinajstić information content (AvgIpc) is 2.09. The van der Waals surface area contributed by atoms with Gasteiger partial charge in [0.1, 0.15) is 11.6 Å². The van der Waals surface area contributed by atoms with Gasteiger partial charge in [-0.2, -0.15) is 0 Å². The lowest BCUT2D eigenvalue weighted by Crippen LogP contribution is -2.39. The molecule has 2 N–H and O–H groups in total. The zero-order valence-corrected chi connectivity index (χ0v) is 9.45. The first-order valence-electron chi connectivity index (χ1n) is 4.59. The minimum atomic E-state index is -0.144. The molecule has 4 nitrogen and oxygen atoms in total. The van der Waals surface area contributed by atoms with E-state index in [0.29, 0.717) is 6.04 Å². The molecule has 0 spiro atoms. The van der Waals surface area contributed by atoms with Crippen molar-refractivity contribution in [2.75, 3.05) is 5.32 Å². The maximum absolute atomic E-state index is 9.14. The molecule has 1 aromatic rings. The Hall–Kier alpha value is -0.680. The molecule has 1 fully saturated rings. The van der Waals surface area contributed by atoms with Crippen LogP contribution in [0.3, 0.4) is 0 Å². The second-order valence-corrected chi connectivity index (χ2v) is 4.43. The normalized spacial score (nSPS) is 25.6. The molecule has 1 saturated carbocycles. The van der Waals surface area contributed by atoms with Crippen molar-refractivity contribution in [3.63, 3.8) is 0 Å². The van der Waals surface area contributed by atoms with Crippen LogP contribution in [0.5, 0.6) is 0 Å². The van der Waals surface area contributed by atoms with Crippen molar-refractivity contribution < 1.29 is 5.11 Å². The summed E-state index contributed by atoms with van der Waals surface area (Å²) in [6.45, 7) is 1.85. The standard InChI is InChI=1S/C9H12BrN3O/c1-5-11-4-8(10)9(12-5)13-6-2-7(14)3-6/h4,6-7,14H,2-3H2,1H3,(H,11,12,13). The highest BCUT2D eigenvalue weighted by atomic mass is 79.9. The molecule has 1 aliphatic carbocycles. The number of nitrogens with zero attached hydrogens (tertiary/aromatic N) is 2. The van der Waals surface area contributed by atoms with Crippen molar-refractivity contribution in [1.82, 2.24) is 9.97 Å². The van der Waals surface area contributed by atoms with Crippen LogP contribution < -0.4 is 5.32 Å². The van der Waals surface area contributed by atoms with Crippen LogP contribution in [0.15, 0.2) is 10.7 Å². The van der Waals surface area contributed by atoms with Gasteiger partial charge in [-0.15, -0.1) is 0 Å². The zero-order valence-electron chi connectivity index (χ0n) is 7.87. The number of halogens is 1. The van der Waals surface area contributed by atoms with E-state index in [2.05, 4.69) is 31.2 Å². The van der Waals surface area contributed by atoms with E-state index in [-0.39, 0.29) is 6.10 Å². The number of nitrogens with one attached hydrogen (secondary N) is 1. The van der Waals surface area contributed by atoms with Crippen LogP contribution in [0, 0.1) is 6.92 Å². The number of aliphatic hydroxyl groups excluding tert-OH is 1. The van der Waals surface area contributed by atoms with E-state index < -0.39 is 0 Å². The van der Waals surface area contributed by atoms with Crippen LogP contribution in [0.25, 0.3) is 0 Å². The van der Waals surface area contributed by atoms with Crippen LogP contribution in [-0.2, 0) is 0 Å². The smallest absolute Gasteiger partial charge is 0.144 e. The summed E-state index contributed by atoms with van der Waals surface area (Å²) in [6, 6.07) is 0.343. The molecule has 14 heavy (non-hydrogen) atoms. The van der Waals surface area contributed by atoms with Crippen molar-refractivity contribution in [3.8, 4) is 0 Å². The van der Waals surface area contributed by atoms with Crippen molar-refractivity contribution >= 4 is 21.7 Å². The number of hydrogen-bond donors (Lipinski definition) is 2. The van der Waals surface area contributed by atoms with Crippen molar-refractivity contribution in [3.05, 3.63) is 16.5 Å². The quantitative estimate of drug-likeness (QED) is 0.843. The molecular formula is C9H12BrN3O. The molecule has 0 unspecified atom stereocenters. The van der Waals surface area contributed by atoms with Gasteiger partial charge in [-0.3, -0.25) is 0 Å². The monoisotopic (exact) mass is 257 g/mol. The fraction of sp³-hybridized carbons (Fsp3) is 0.556. The molecule has 76 valence electrons. The summed E-state index contributed by atoms with van der Waals surface area (Å²) in [6.07, 6.45) is 3.19. The number of aromatic nitrogens is 2. The highest BCUT2D eigenvalue weighted by Gasteiger charge is 2.27. The Morgan fingerprint density at radius 3 is 2.93 bits per heavy atom. The second kappa shape index (κ2) is 3.82. The molecule has 1 aromatic heterocycles. The molecule has 0 saturated heterocycles. The van der Waals surface area contributed by atoms with Gasteiger partial charge in [-0.25, -0.2) is 9.97 Å². The highest BCUT2D eigenvalue weighted by Crippen LogP contribution is 2.26. The first-order valence-corrected chi connectivity index (χ1v) is 5.38. The van der Waals surface area contributed by atoms with E-state index in [1.807, 2.05) is 6.92 Å². The third-order valence-corrected chi connectivity index (χ3v) is 2.90. The highest BCUT2D eigenvalue weighted by molar-refractivity contribution is 9.10. The molecule has 5 heteroatoms. The summed E-state index contributed by atoms with van der Waals surface area (Å²) in [7, 11) is 0. The number of rotatable bonds is 2. The first kappa shape index (κ1) is 9.86. The maximum atomic E-state index is 9.14. The Balaban J connectivity index is 2.05. The second-order valence-electron chi connectivity index (χ2n) is 3.58. The Bertz CT molecular complexity index is 339. The van der Waals surface area contributed by atoms with Crippen LogP contribution >= 0.6 is 15.9 Å². The van der Waals surface area contributed by atoms with Crippen LogP contribution in [-0.4, -0.2) is 27.2 Å². The summed E-state index contributed by atoms with van der Waals surface area (Å²) in [4.78, 5) is 8.33. The molecule has 1 heterocycles. The number of anilines is 1. The van der Waals surface area contributed by atoms with E-state index in [4.69, 9.17) is 5.11 Å². The number of aryl methyl sites for hydroxylation is 1. The van der Waals surface area contributed by atoms with Crippen LogP contribution in [0.2, 0.25) is 0 Å². The minimum absolute atomic E-state index is 0.144. The van der Waals surface area contributed by atoms with Crippen molar-refractivity contribution in [1.29, 1.82) is 0 Å². The first-order chi connectivity index (χ1) is 6.65. The molecule has 2 rings (SSSR count). The molecule has 0 atom stereocenters. The Labute approximate surface area is 90.9 Å². The largest absolute Gasteiger partial charge is 0.393 e. The van der Waals surface area contributed by atoms with Crippen molar-refractivity contribution in [2.45, 2.75) is 31.9 Å². The fourth-order valence-electron chi connectivity index (χ4n) is 1.46. The van der Waals surface area contributed by atoms with Gasteiger partial charge in [-0.1, -0.05) is 0 Å². The van der Waals surface area contributed by atoms with Gasteiger partial charge in [0.2, 0.25) is 0 Å². The summed E-state index contributed by atoms with van der Waals surface area (Å²) in [5, 5.41) is 12.4. The van der Waals surface area contributed by atoms with E-state index in [1.165, 1.54) is 0 Å². The SMILES string of the molecule is Cc1ncc(Br)c(NC2CC(O)C2)n1. The van der Waals surface area contributed by atoms with Gasteiger partial charge in [0.15, 0.2) is 0 Å². The van der Waals surface area contributed by atoms with Crippen molar-refractivity contribution in [2.24, 2.45) is 0 Å². The minimum Gasteiger partial charge on any atom is -0.393 e. The lowest BCUT2D eigenvalue weighted by atomic mass is 9.89. The molecule has 0 amide bonds. The van der Waals surface area contributed by atoms with E-state index in [0.717, 1.165) is 29.0 Å². The summed E-state index contributed by atoms with van der Waals surface area (Å²) in [5.41, 5.74) is 0. The van der Waals surface area contributed by atoms with Crippen LogP contribution in [0.4, 0.5) is 5.82 Å². The van der Waals surface area contributed by atoms with Gasteiger partial charge in [-0.05, 0) is 35.7 Å². The number of hydrogen-bond acceptors (Lipinski definition) is 4. The molecular weight excluding hydrogens is 246 g/mol. The Morgan fingerprint density at radius 1 is 1.57 bits per heavy atom. The predicted molar refractivity (Wildman–Crippen MR) is 57.1 cm³/mol. The van der Waals surface area contributed by atoms with Gasteiger partial charge in [0.05, 0.1) is 10.6 Å². The van der Waals surface area contributed by atoms with Gasteiger partial charge < -0.3 is 10.4 Å². The third kappa shape index (κ3) is 2.04. The van der Waals surface area contributed by atoms with E-state index in [9.17, 15) is 0 Å². The average molecular weight is 258 g/mol. The summed E-state index contributed by atoms with van der Waals surface area (Å²) < 4.78 is 0.865. The lowest BCUT2D eigenvalue weighted by Gasteiger charge is -2.32. The third-order valence-electron chi connectivity index (χ3n) is 2.32. The summed E-state index contributed by atoms with van der Waals surface area (Å²) in [5.74, 6) is 1.56. The molecule has 0 radical (unpaired) electrons. The summed E-state index contributed by atoms with van der Waals surface area (Å²) >= 11 is 3.38. The van der Waals surface area contributed by atoms with Crippen LogP contribution in [0.1, 0.15) is 18.7 Å². The molecule has 0 aliphatic heterocycles. The Morgan fingerprint density at radius 2 is 2.29 bits per heavy atom. The van der Waals surface area contributed by atoms with E-state index in [1.54, 1.807) is 6.20 Å². The molecule has 1 aliphatic rings. The molecule has 0 aromatic carbocycles. The number of aliphatic hydroxyl groups is 1. The maximum Gasteiger partial charge on any atom is 0.144 e. The predicted octanol–water partition coefficient (Wildman–Crippen LogP) is 1.48. The van der Waals surface area contributed by atoms with E-state index >= 15 is 0 Å². The molecule has 0 bridgehead atoms. The van der Waals surface area contributed by atoms with Gasteiger partial charge >= 0.3 is 0 Å². The Kier molecular flexibility index (Phi) is 2.69. The fourth-order valence-corrected chi connectivity index (χ4v) is 1.76. The van der Waals surface area contributed by atoms with Gasteiger partial charge in [0.25, 0.3) is 0 Å².